The number of rotatable bonds is 5. The van der Waals surface area contributed by atoms with E-state index in [0.29, 0.717) is 16.7 Å². The fourth-order valence-corrected chi connectivity index (χ4v) is 5.42. The van der Waals surface area contributed by atoms with Crippen molar-refractivity contribution in [2.24, 2.45) is 0 Å². The Balaban J connectivity index is 1.25. The molecule has 0 aromatic carbocycles. The van der Waals surface area contributed by atoms with E-state index in [2.05, 4.69) is 25.6 Å². The van der Waals surface area contributed by atoms with Gasteiger partial charge in [-0.05, 0) is 45.4 Å². The Morgan fingerprint density at radius 2 is 1.88 bits per heavy atom. The second kappa shape index (κ2) is 7.41. The number of thiazole rings is 1. The summed E-state index contributed by atoms with van der Waals surface area (Å²) in [5.74, 6) is 1.35. The summed E-state index contributed by atoms with van der Waals surface area (Å²) in [6, 6.07) is 0.255. The SMILES string of the molecule is Cc1csc(SC2CCC(NC(=O)c3cnc(C4CC4)nc3)CC2)n1. The van der Waals surface area contributed by atoms with Crippen LogP contribution in [0.2, 0.25) is 0 Å². The lowest BCUT2D eigenvalue weighted by Gasteiger charge is -2.28. The number of hydrogen-bond acceptors (Lipinski definition) is 6. The van der Waals surface area contributed by atoms with Gasteiger partial charge in [0.15, 0.2) is 0 Å². The van der Waals surface area contributed by atoms with Crippen molar-refractivity contribution in [2.75, 3.05) is 0 Å². The zero-order valence-corrected chi connectivity index (χ0v) is 15.9. The maximum absolute atomic E-state index is 12.4. The third-order valence-corrected chi connectivity index (χ3v) is 7.18. The van der Waals surface area contributed by atoms with E-state index >= 15 is 0 Å². The lowest BCUT2D eigenvalue weighted by molar-refractivity contribution is 0.0927. The Kier molecular flexibility index (Phi) is 5.03. The minimum atomic E-state index is -0.0472. The molecule has 2 aliphatic rings. The third-order valence-electron chi connectivity index (χ3n) is 4.75. The fraction of sp³-hybridized carbons (Fsp3) is 0.556. The van der Waals surface area contributed by atoms with Gasteiger partial charge in [0.1, 0.15) is 10.2 Å². The lowest BCUT2D eigenvalue weighted by Crippen LogP contribution is -2.38. The maximum Gasteiger partial charge on any atom is 0.254 e. The molecular formula is C18H22N4OS2. The molecule has 2 aliphatic carbocycles. The number of aromatic nitrogens is 3. The van der Waals surface area contributed by atoms with Crippen molar-refractivity contribution in [3.05, 3.63) is 34.9 Å². The monoisotopic (exact) mass is 374 g/mol. The summed E-state index contributed by atoms with van der Waals surface area (Å²) in [6.07, 6.45) is 9.96. The zero-order chi connectivity index (χ0) is 17.2. The maximum atomic E-state index is 12.4. The summed E-state index contributed by atoms with van der Waals surface area (Å²) in [5, 5.41) is 5.86. The highest BCUT2D eigenvalue weighted by atomic mass is 32.2. The average molecular weight is 375 g/mol. The van der Waals surface area contributed by atoms with E-state index in [1.165, 1.54) is 12.8 Å². The van der Waals surface area contributed by atoms with Crippen LogP contribution in [0.4, 0.5) is 0 Å². The smallest absolute Gasteiger partial charge is 0.254 e. The Morgan fingerprint density at radius 3 is 2.48 bits per heavy atom. The highest BCUT2D eigenvalue weighted by Crippen LogP contribution is 2.37. The molecule has 2 heterocycles. The highest BCUT2D eigenvalue weighted by Gasteiger charge is 2.27. The van der Waals surface area contributed by atoms with Crippen LogP contribution in [0.1, 0.15) is 66.3 Å². The van der Waals surface area contributed by atoms with Gasteiger partial charge in [0, 0.05) is 40.7 Å². The van der Waals surface area contributed by atoms with Crippen LogP contribution in [0.3, 0.4) is 0 Å². The number of hydrogen-bond donors (Lipinski definition) is 1. The highest BCUT2D eigenvalue weighted by molar-refractivity contribution is 8.01. The molecule has 2 aromatic rings. The van der Waals surface area contributed by atoms with Crippen LogP contribution in [0.15, 0.2) is 22.1 Å². The van der Waals surface area contributed by atoms with Crippen LogP contribution in [-0.2, 0) is 0 Å². The van der Waals surface area contributed by atoms with Gasteiger partial charge in [-0.25, -0.2) is 15.0 Å². The van der Waals surface area contributed by atoms with Gasteiger partial charge in [-0.15, -0.1) is 11.3 Å². The average Bonchev–Trinajstić information content (AvgIpc) is 3.40. The van der Waals surface area contributed by atoms with Gasteiger partial charge >= 0.3 is 0 Å². The van der Waals surface area contributed by atoms with Crippen LogP contribution in [-0.4, -0.2) is 32.2 Å². The third kappa shape index (κ3) is 4.39. The van der Waals surface area contributed by atoms with Crippen molar-refractivity contribution < 1.29 is 4.79 Å². The molecule has 2 fully saturated rings. The van der Waals surface area contributed by atoms with Gasteiger partial charge in [0.05, 0.1) is 5.56 Å². The second-order valence-electron chi connectivity index (χ2n) is 6.92. The molecule has 0 saturated heterocycles. The van der Waals surface area contributed by atoms with Crippen molar-refractivity contribution in [2.45, 2.75) is 67.0 Å². The normalized spacial score (nSPS) is 23.4. The number of aryl methyl sites for hydroxylation is 1. The standard InChI is InChI=1S/C18H22N4OS2/c1-11-10-24-18(21-11)25-15-6-4-14(5-7-15)22-17(23)13-8-19-16(20-9-13)12-2-3-12/h8-10,12,14-15H,2-7H2,1H3,(H,22,23). The quantitative estimate of drug-likeness (QED) is 0.858. The molecule has 0 radical (unpaired) electrons. The molecule has 0 bridgehead atoms. The number of amides is 1. The molecule has 1 amide bonds. The van der Waals surface area contributed by atoms with Crippen molar-refractivity contribution in [3.8, 4) is 0 Å². The van der Waals surface area contributed by atoms with Gasteiger partial charge in [-0.1, -0.05) is 11.8 Å². The summed E-state index contributed by atoms with van der Waals surface area (Å²) in [7, 11) is 0. The molecule has 0 aliphatic heterocycles. The molecule has 1 N–H and O–H groups in total. The van der Waals surface area contributed by atoms with E-state index < -0.39 is 0 Å². The molecule has 132 valence electrons. The summed E-state index contributed by atoms with van der Waals surface area (Å²) >= 11 is 3.62. The van der Waals surface area contributed by atoms with Crippen LogP contribution >= 0.6 is 23.1 Å². The van der Waals surface area contributed by atoms with Gasteiger partial charge in [-0.2, -0.15) is 0 Å². The van der Waals surface area contributed by atoms with Gasteiger partial charge in [0.25, 0.3) is 5.91 Å². The molecule has 0 spiro atoms. The van der Waals surface area contributed by atoms with Crippen LogP contribution in [0, 0.1) is 6.92 Å². The Bertz CT molecular complexity index is 734. The number of carbonyl (C=O) groups excluding carboxylic acids is 1. The van der Waals surface area contributed by atoms with Crippen LogP contribution in [0.25, 0.3) is 0 Å². The predicted molar refractivity (Wildman–Crippen MR) is 100 cm³/mol. The largest absolute Gasteiger partial charge is 0.349 e. The molecule has 2 saturated carbocycles. The predicted octanol–water partition coefficient (Wildman–Crippen LogP) is 3.95. The molecule has 7 heteroatoms. The molecule has 5 nitrogen and oxygen atoms in total. The lowest BCUT2D eigenvalue weighted by atomic mass is 9.95. The van der Waals surface area contributed by atoms with Crippen molar-refractivity contribution >= 4 is 29.0 Å². The van der Waals surface area contributed by atoms with E-state index in [1.807, 2.05) is 18.7 Å². The number of carbonyl (C=O) groups is 1. The first-order valence-corrected chi connectivity index (χ1v) is 10.6. The minimum Gasteiger partial charge on any atom is -0.349 e. The van der Waals surface area contributed by atoms with Gasteiger partial charge < -0.3 is 5.32 Å². The molecular weight excluding hydrogens is 352 g/mol. The first-order chi connectivity index (χ1) is 12.2. The molecule has 25 heavy (non-hydrogen) atoms. The van der Waals surface area contributed by atoms with Gasteiger partial charge in [0.2, 0.25) is 0 Å². The van der Waals surface area contributed by atoms with Crippen molar-refractivity contribution in [3.63, 3.8) is 0 Å². The molecule has 4 rings (SSSR count). The molecule has 0 unspecified atom stereocenters. The first-order valence-electron chi connectivity index (χ1n) is 8.89. The topological polar surface area (TPSA) is 67.8 Å². The van der Waals surface area contributed by atoms with Crippen molar-refractivity contribution in [1.29, 1.82) is 0 Å². The fourth-order valence-electron chi connectivity index (χ4n) is 3.13. The molecule has 2 aromatic heterocycles. The van der Waals surface area contributed by atoms with E-state index in [4.69, 9.17) is 0 Å². The van der Waals surface area contributed by atoms with Crippen LogP contribution in [0.5, 0.6) is 0 Å². The first kappa shape index (κ1) is 17.0. The Labute approximate surface area is 156 Å². The Morgan fingerprint density at radius 1 is 1.16 bits per heavy atom. The van der Waals surface area contributed by atoms with E-state index in [9.17, 15) is 4.79 Å². The number of nitrogens with one attached hydrogen (secondary N) is 1. The summed E-state index contributed by atoms with van der Waals surface area (Å²) in [4.78, 5) is 25.6. The van der Waals surface area contributed by atoms with E-state index in [1.54, 1.807) is 23.7 Å². The van der Waals surface area contributed by atoms with Crippen molar-refractivity contribution in [1.82, 2.24) is 20.3 Å². The van der Waals surface area contributed by atoms with Gasteiger partial charge in [-0.3, -0.25) is 4.79 Å². The summed E-state index contributed by atoms with van der Waals surface area (Å²) in [5.41, 5.74) is 1.67. The zero-order valence-electron chi connectivity index (χ0n) is 14.3. The van der Waals surface area contributed by atoms with E-state index in [-0.39, 0.29) is 11.9 Å². The number of thioether (sulfide) groups is 1. The second-order valence-corrected chi connectivity index (χ2v) is 9.33. The van der Waals surface area contributed by atoms with Crippen LogP contribution < -0.4 is 5.32 Å². The minimum absolute atomic E-state index is 0.0472. The summed E-state index contributed by atoms with van der Waals surface area (Å²) in [6.45, 7) is 2.04. The number of nitrogens with zero attached hydrogens (tertiary/aromatic N) is 3. The molecule has 0 atom stereocenters. The summed E-state index contributed by atoms with van der Waals surface area (Å²) < 4.78 is 1.16. The van der Waals surface area contributed by atoms with E-state index in [0.717, 1.165) is 41.5 Å². The Hall–Kier alpha value is -1.47.